The van der Waals surface area contributed by atoms with Crippen LogP contribution in [0, 0.1) is 0 Å². The third kappa shape index (κ3) is 2.77. The van der Waals surface area contributed by atoms with Crippen LogP contribution < -0.4 is 5.32 Å². The maximum absolute atomic E-state index is 3.75. The Balaban J connectivity index is 2.03. The maximum Gasteiger partial charge on any atom is 0.0509 e. The predicted molar refractivity (Wildman–Crippen MR) is 71.0 cm³/mol. The van der Waals surface area contributed by atoms with Crippen molar-refractivity contribution in [3.8, 4) is 0 Å². The third-order valence-electron chi connectivity index (χ3n) is 2.91. The summed E-state index contributed by atoms with van der Waals surface area (Å²) in [6.45, 7) is 4.50. The molecule has 3 heteroatoms. The lowest BCUT2D eigenvalue weighted by Crippen LogP contribution is -2.39. The zero-order valence-electron chi connectivity index (χ0n) is 9.45. The molecular formula is C12H19NS2. The highest BCUT2D eigenvalue weighted by Gasteiger charge is 2.22. The molecule has 1 aromatic heterocycles. The van der Waals surface area contributed by atoms with Crippen LogP contribution in [0.1, 0.15) is 36.1 Å². The second-order valence-electron chi connectivity index (χ2n) is 4.02. The van der Waals surface area contributed by atoms with Crippen LogP contribution >= 0.6 is 23.1 Å². The highest BCUT2D eigenvalue weighted by atomic mass is 32.2. The topological polar surface area (TPSA) is 12.0 Å². The lowest BCUT2D eigenvalue weighted by molar-refractivity contribution is 0.470. The first-order valence-electron chi connectivity index (χ1n) is 5.75. The Morgan fingerprint density at radius 2 is 2.20 bits per heavy atom. The summed E-state index contributed by atoms with van der Waals surface area (Å²) in [5, 5.41) is 3.75. The van der Waals surface area contributed by atoms with Crippen LogP contribution in [0.2, 0.25) is 0 Å². The third-order valence-corrected chi connectivity index (χ3v) is 5.46. The van der Waals surface area contributed by atoms with E-state index in [4.69, 9.17) is 0 Å². The molecule has 1 nitrogen and oxygen atoms in total. The van der Waals surface area contributed by atoms with Gasteiger partial charge < -0.3 is 5.32 Å². The van der Waals surface area contributed by atoms with Gasteiger partial charge in [-0.05, 0) is 25.0 Å². The van der Waals surface area contributed by atoms with E-state index in [0.29, 0.717) is 12.1 Å². The minimum Gasteiger partial charge on any atom is -0.305 e. The van der Waals surface area contributed by atoms with Crippen molar-refractivity contribution >= 4 is 23.1 Å². The van der Waals surface area contributed by atoms with E-state index in [-0.39, 0.29) is 0 Å². The summed E-state index contributed by atoms with van der Waals surface area (Å²) in [4.78, 5) is 3.04. The minimum absolute atomic E-state index is 0.596. The Morgan fingerprint density at radius 3 is 2.87 bits per heavy atom. The quantitative estimate of drug-likeness (QED) is 0.869. The van der Waals surface area contributed by atoms with E-state index < -0.39 is 0 Å². The molecule has 2 atom stereocenters. The number of thiophene rings is 1. The van der Waals surface area contributed by atoms with Crippen molar-refractivity contribution in [2.24, 2.45) is 0 Å². The monoisotopic (exact) mass is 241 g/mol. The normalized spacial score (nSPS) is 26.8. The lowest BCUT2D eigenvalue weighted by Gasteiger charge is -2.29. The van der Waals surface area contributed by atoms with E-state index in [1.807, 2.05) is 11.3 Å². The maximum atomic E-state index is 3.75. The summed E-state index contributed by atoms with van der Waals surface area (Å²) in [7, 11) is 0. The Kier molecular flexibility index (Phi) is 4.12. The first-order valence-corrected chi connectivity index (χ1v) is 7.73. The molecule has 1 aliphatic rings. The fraction of sp³-hybridized carbons (Fsp3) is 0.667. The molecule has 1 saturated heterocycles. The fourth-order valence-electron chi connectivity index (χ4n) is 1.88. The Bertz CT molecular complexity index is 308. The van der Waals surface area contributed by atoms with Crippen molar-refractivity contribution in [1.29, 1.82) is 0 Å². The Labute approximate surface area is 101 Å². The van der Waals surface area contributed by atoms with E-state index >= 15 is 0 Å². The first-order chi connectivity index (χ1) is 7.33. The molecular weight excluding hydrogens is 222 g/mol. The van der Waals surface area contributed by atoms with Crippen molar-refractivity contribution in [2.45, 2.75) is 38.8 Å². The van der Waals surface area contributed by atoms with Gasteiger partial charge in [0.05, 0.1) is 6.04 Å². The number of nitrogens with one attached hydrogen (secondary N) is 1. The van der Waals surface area contributed by atoms with Gasteiger partial charge in [-0.25, -0.2) is 0 Å². The van der Waals surface area contributed by atoms with E-state index in [0.717, 1.165) is 0 Å². The van der Waals surface area contributed by atoms with Crippen LogP contribution in [0.4, 0.5) is 0 Å². The molecule has 0 aliphatic carbocycles. The summed E-state index contributed by atoms with van der Waals surface area (Å²) in [5.74, 6) is 2.51. The molecule has 0 radical (unpaired) electrons. The van der Waals surface area contributed by atoms with Gasteiger partial charge in [0.25, 0.3) is 0 Å². The predicted octanol–water partition coefficient (Wildman–Crippen LogP) is 3.47. The van der Waals surface area contributed by atoms with Crippen molar-refractivity contribution in [3.05, 3.63) is 21.9 Å². The minimum atomic E-state index is 0.596. The van der Waals surface area contributed by atoms with Crippen LogP contribution in [0.15, 0.2) is 12.1 Å². The van der Waals surface area contributed by atoms with Crippen LogP contribution in [0.5, 0.6) is 0 Å². The molecule has 1 aromatic rings. The van der Waals surface area contributed by atoms with Gasteiger partial charge in [-0.15, -0.1) is 11.3 Å². The number of hydrogen-bond donors (Lipinski definition) is 1. The van der Waals surface area contributed by atoms with Gasteiger partial charge in [-0.1, -0.05) is 13.8 Å². The zero-order chi connectivity index (χ0) is 10.7. The first kappa shape index (κ1) is 11.5. The van der Waals surface area contributed by atoms with E-state index in [2.05, 4.69) is 43.1 Å². The lowest BCUT2D eigenvalue weighted by atomic mass is 10.2. The zero-order valence-corrected chi connectivity index (χ0v) is 11.1. The van der Waals surface area contributed by atoms with Crippen LogP contribution in [-0.2, 0) is 6.42 Å². The summed E-state index contributed by atoms with van der Waals surface area (Å²) in [5.41, 5.74) is 0. The summed E-state index contributed by atoms with van der Waals surface area (Å²) in [6.07, 6.45) is 2.41. The smallest absolute Gasteiger partial charge is 0.0509 e. The second kappa shape index (κ2) is 5.37. The second-order valence-corrected chi connectivity index (χ2v) is 6.29. The summed E-state index contributed by atoms with van der Waals surface area (Å²) >= 11 is 4.07. The van der Waals surface area contributed by atoms with Gasteiger partial charge in [0, 0.05) is 27.3 Å². The molecule has 0 bridgehead atoms. The van der Waals surface area contributed by atoms with Gasteiger partial charge in [-0.2, -0.15) is 11.8 Å². The number of thioether (sulfide) groups is 1. The highest BCUT2D eigenvalue weighted by Crippen LogP contribution is 2.30. The summed E-state index contributed by atoms with van der Waals surface area (Å²) in [6, 6.07) is 5.89. The average molecular weight is 241 g/mol. The van der Waals surface area contributed by atoms with Crippen molar-refractivity contribution in [3.63, 3.8) is 0 Å². The molecule has 1 aliphatic heterocycles. The molecule has 84 valence electrons. The van der Waals surface area contributed by atoms with Crippen LogP contribution in [0.3, 0.4) is 0 Å². The van der Waals surface area contributed by atoms with Crippen molar-refractivity contribution in [2.75, 3.05) is 11.5 Å². The SMILES string of the molecule is CCc1ccc(C2CSCC(CC)N2)s1. The molecule has 2 rings (SSSR count). The van der Waals surface area contributed by atoms with Crippen LogP contribution in [-0.4, -0.2) is 17.5 Å². The highest BCUT2D eigenvalue weighted by molar-refractivity contribution is 7.99. The Hall–Kier alpha value is 0.01000. The molecule has 2 unspecified atom stereocenters. The molecule has 15 heavy (non-hydrogen) atoms. The number of hydrogen-bond acceptors (Lipinski definition) is 3. The molecule has 0 amide bonds. The van der Waals surface area contributed by atoms with Crippen molar-refractivity contribution in [1.82, 2.24) is 5.32 Å². The van der Waals surface area contributed by atoms with E-state index in [1.54, 1.807) is 0 Å². The molecule has 0 saturated carbocycles. The molecule has 2 heterocycles. The van der Waals surface area contributed by atoms with Gasteiger partial charge in [-0.3, -0.25) is 0 Å². The van der Waals surface area contributed by atoms with E-state index in [9.17, 15) is 0 Å². The van der Waals surface area contributed by atoms with Gasteiger partial charge >= 0.3 is 0 Å². The largest absolute Gasteiger partial charge is 0.305 e. The van der Waals surface area contributed by atoms with Crippen molar-refractivity contribution < 1.29 is 0 Å². The fourth-order valence-corrected chi connectivity index (χ4v) is 4.26. The molecule has 0 aromatic carbocycles. The number of aryl methyl sites for hydroxylation is 1. The Morgan fingerprint density at radius 1 is 1.33 bits per heavy atom. The van der Waals surface area contributed by atoms with Gasteiger partial charge in [0.2, 0.25) is 0 Å². The van der Waals surface area contributed by atoms with E-state index in [1.165, 1.54) is 34.1 Å². The number of rotatable bonds is 3. The van der Waals surface area contributed by atoms with Gasteiger partial charge in [0.1, 0.15) is 0 Å². The molecule has 1 fully saturated rings. The van der Waals surface area contributed by atoms with Gasteiger partial charge in [0.15, 0.2) is 0 Å². The molecule has 1 N–H and O–H groups in total. The summed E-state index contributed by atoms with van der Waals surface area (Å²) < 4.78 is 0. The molecule has 0 spiro atoms. The van der Waals surface area contributed by atoms with Crippen LogP contribution in [0.25, 0.3) is 0 Å². The standard InChI is InChI=1S/C12H19NS2/c1-3-9-7-14-8-11(13-9)12-6-5-10(4-2)15-12/h5-6,9,11,13H,3-4,7-8H2,1-2H3. The average Bonchev–Trinajstić information content (AvgIpc) is 2.78.